The minimum absolute atomic E-state index is 0.122. The van der Waals surface area contributed by atoms with E-state index in [-0.39, 0.29) is 23.9 Å². The van der Waals surface area contributed by atoms with Crippen LogP contribution in [0.1, 0.15) is 43.2 Å². The van der Waals surface area contributed by atoms with Crippen molar-refractivity contribution < 1.29 is 14.3 Å². The fourth-order valence-electron chi connectivity index (χ4n) is 3.25. The lowest BCUT2D eigenvalue weighted by Gasteiger charge is -2.18. The van der Waals surface area contributed by atoms with Gasteiger partial charge in [0.15, 0.2) is 0 Å². The minimum Gasteiger partial charge on any atom is -0.447 e. The predicted molar refractivity (Wildman–Crippen MR) is 112 cm³/mol. The summed E-state index contributed by atoms with van der Waals surface area (Å²) < 4.78 is 5.52. The summed E-state index contributed by atoms with van der Waals surface area (Å²) in [5, 5.41) is 3.43. The number of para-hydroxylation sites is 1. The van der Waals surface area contributed by atoms with E-state index in [1.807, 2.05) is 24.3 Å². The second-order valence-electron chi connectivity index (χ2n) is 7.45. The zero-order valence-corrected chi connectivity index (χ0v) is 16.5. The normalized spacial score (nSPS) is 14.3. The Morgan fingerprint density at radius 2 is 1.83 bits per heavy atom. The van der Waals surface area contributed by atoms with Crippen LogP contribution in [0.3, 0.4) is 0 Å². The Bertz CT molecular complexity index is 1110. The maximum atomic E-state index is 12.5. The number of aryl methyl sites for hydroxylation is 1. The van der Waals surface area contributed by atoms with Crippen LogP contribution in [-0.4, -0.2) is 27.9 Å². The molecule has 1 heterocycles. The minimum atomic E-state index is -0.960. The smallest absolute Gasteiger partial charge is 0.306 e. The van der Waals surface area contributed by atoms with Crippen LogP contribution >= 0.6 is 0 Å². The highest BCUT2D eigenvalue weighted by Crippen LogP contribution is 2.23. The first-order valence-electron chi connectivity index (χ1n) is 10.1. The van der Waals surface area contributed by atoms with E-state index in [0.29, 0.717) is 35.1 Å². The molecule has 1 fully saturated rings. The maximum Gasteiger partial charge on any atom is 0.306 e. The number of aromatic nitrogens is 2. The van der Waals surface area contributed by atoms with E-state index >= 15 is 0 Å². The third kappa shape index (κ3) is 4.92. The van der Waals surface area contributed by atoms with Crippen LogP contribution in [0.5, 0.6) is 0 Å². The number of fused-ring (bicyclic) bond motifs is 1. The number of esters is 1. The lowest BCUT2D eigenvalue weighted by atomic mass is 10.1. The number of nitrogens with one attached hydrogen (secondary N) is 2. The molecule has 7 nitrogen and oxygen atoms in total. The summed E-state index contributed by atoms with van der Waals surface area (Å²) in [4.78, 5) is 44.3. The first-order chi connectivity index (χ1) is 14.6. The number of benzene rings is 2. The number of amides is 1. The van der Waals surface area contributed by atoms with Crippen LogP contribution in [0, 0.1) is 0 Å². The summed E-state index contributed by atoms with van der Waals surface area (Å²) in [6, 6.07) is 16.3. The second-order valence-corrected chi connectivity index (χ2v) is 7.45. The Balaban J connectivity index is 1.36. The Morgan fingerprint density at radius 1 is 1.10 bits per heavy atom. The second kappa shape index (κ2) is 8.90. The first kappa shape index (κ1) is 19.8. The maximum absolute atomic E-state index is 12.5. The Hall–Kier alpha value is -3.48. The zero-order chi connectivity index (χ0) is 20.9. The Morgan fingerprint density at radius 3 is 2.60 bits per heavy atom. The van der Waals surface area contributed by atoms with Gasteiger partial charge in [-0.1, -0.05) is 42.5 Å². The molecule has 0 aliphatic heterocycles. The van der Waals surface area contributed by atoms with E-state index in [4.69, 9.17) is 4.74 Å². The molecule has 0 saturated heterocycles. The van der Waals surface area contributed by atoms with Crippen molar-refractivity contribution in [2.24, 2.45) is 0 Å². The predicted octanol–water partition coefficient (Wildman–Crippen LogP) is 2.81. The molecule has 0 bridgehead atoms. The van der Waals surface area contributed by atoms with Crippen LogP contribution < -0.4 is 10.9 Å². The summed E-state index contributed by atoms with van der Waals surface area (Å²) in [5.41, 5.74) is 1.07. The van der Waals surface area contributed by atoms with Crippen molar-refractivity contribution in [3.63, 3.8) is 0 Å². The Kier molecular flexibility index (Phi) is 5.88. The van der Waals surface area contributed by atoms with Crippen molar-refractivity contribution in [3.8, 4) is 0 Å². The highest BCUT2D eigenvalue weighted by Gasteiger charge is 2.30. The molecule has 1 aliphatic rings. The summed E-state index contributed by atoms with van der Waals surface area (Å²) in [5.74, 6) is -0.229. The molecule has 1 saturated carbocycles. The molecule has 2 N–H and O–H groups in total. The molecule has 4 rings (SSSR count). The number of carbonyl (C=O) groups excluding carboxylic acids is 2. The molecular formula is C23H23N3O4. The van der Waals surface area contributed by atoms with Gasteiger partial charge >= 0.3 is 5.97 Å². The van der Waals surface area contributed by atoms with Crippen molar-refractivity contribution in [1.29, 1.82) is 0 Å². The molecule has 0 radical (unpaired) electrons. The van der Waals surface area contributed by atoms with Crippen LogP contribution in [-0.2, 0) is 20.7 Å². The zero-order valence-electron chi connectivity index (χ0n) is 16.5. The van der Waals surface area contributed by atoms with Gasteiger partial charge in [-0.05, 0) is 31.4 Å². The topological polar surface area (TPSA) is 101 Å². The number of nitrogens with zero attached hydrogens (tertiary/aromatic N) is 1. The standard InChI is InChI=1S/C23H23N3O4/c27-20(12-6-11-19-25-18-10-5-4-9-17(18)22(28)26-19)30-21(15-7-2-1-3-8-15)23(29)24-16-13-14-16/h1-5,7-10,16,21H,6,11-14H2,(H,24,29)(H,25,26,28)/t21-/m1/s1. The molecule has 1 atom stereocenters. The van der Waals surface area contributed by atoms with Crippen molar-refractivity contribution >= 4 is 22.8 Å². The Labute approximate surface area is 173 Å². The molecule has 30 heavy (non-hydrogen) atoms. The van der Waals surface area contributed by atoms with Gasteiger partial charge in [0, 0.05) is 24.4 Å². The lowest BCUT2D eigenvalue weighted by Crippen LogP contribution is -2.33. The molecule has 1 aliphatic carbocycles. The number of aromatic amines is 1. The van der Waals surface area contributed by atoms with Crippen molar-refractivity contribution in [1.82, 2.24) is 15.3 Å². The van der Waals surface area contributed by atoms with Gasteiger partial charge in [-0.15, -0.1) is 0 Å². The highest BCUT2D eigenvalue weighted by molar-refractivity contribution is 5.85. The average Bonchev–Trinajstić information content (AvgIpc) is 3.56. The molecule has 7 heteroatoms. The fraction of sp³-hybridized carbons (Fsp3) is 0.304. The SMILES string of the molecule is O=C(CCCc1nc2ccccc2c(=O)[nH]1)O[C@@H](C(=O)NC1CC1)c1ccccc1. The summed E-state index contributed by atoms with van der Waals surface area (Å²) in [7, 11) is 0. The fourth-order valence-corrected chi connectivity index (χ4v) is 3.25. The van der Waals surface area contributed by atoms with Gasteiger partial charge in [0.2, 0.25) is 6.10 Å². The number of H-pyrrole nitrogens is 1. The van der Waals surface area contributed by atoms with Crippen molar-refractivity contribution in [3.05, 3.63) is 76.3 Å². The van der Waals surface area contributed by atoms with E-state index in [1.165, 1.54) is 0 Å². The average molecular weight is 405 g/mol. The number of hydrogen-bond acceptors (Lipinski definition) is 5. The molecule has 3 aromatic rings. The summed E-state index contributed by atoms with van der Waals surface area (Å²) >= 11 is 0. The number of hydrogen-bond donors (Lipinski definition) is 2. The molecule has 1 aromatic heterocycles. The number of ether oxygens (including phenoxy) is 1. The van der Waals surface area contributed by atoms with Gasteiger partial charge in [-0.2, -0.15) is 0 Å². The van der Waals surface area contributed by atoms with Gasteiger partial charge in [-0.25, -0.2) is 4.98 Å². The van der Waals surface area contributed by atoms with E-state index in [1.54, 1.807) is 30.3 Å². The third-order valence-electron chi connectivity index (χ3n) is 4.97. The van der Waals surface area contributed by atoms with E-state index in [0.717, 1.165) is 12.8 Å². The van der Waals surface area contributed by atoms with Crippen LogP contribution in [0.2, 0.25) is 0 Å². The van der Waals surface area contributed by atoms with E-state index in [9.17, 15) is 14.4 Å². The quantitative estimate of drug-likeness (QED) is 0.561. The van der Waals surface area contributed by atoms with Gasteiger partial charge in [0.1, 0.15) is 5.82 Å². The van der Waals surface area contributed by atoms with Crippen molar-refractivity contribution in [2.75, 3.05) is 0 Å². The molecule has 0 unspecified atom stereocenters. The molecule has 1 amide bonds. The number of carbonyl (C=O) groups is 2. The van der Waals surface area contributed by atoms with Gasteiger partial charge in [0.05, 0.1) is 10.9 Å². The molecule has 0 spiro atoms. The number of rotatable bonds is 8. The first-order valence-corrected chi connectivity index (χ1v) is 10.1. The summed E-state index contributed by atoms with van der Waals surface area (Å²) in [6.07, 6.45) is 1.95. The monoisotopic (exact) mass is 405 g/mol. The largest absolute Gasteiger partial charge is 0.447 e. The van der Waals surface area contributed by atoms with Gasteiger partial charge < -0.3 is 15.0 Å². The van der Waals surface area contributed by atoms with Gasteiger partial charge in [-0.3, -0.25) is 14.4 Å². The van der Waals surface area contributed by atoms with Gasteiger partial charge in [0.25, 0.3) is 11.5 Å². The molecule has 154 valence electrons. The van der Waals surface area contributed by atoms with Crippen LogP contribution in [0.4, 0.5) is 0 Å². The highest BCUT2D eigenvalue weighted by atomic mass is 16.5. The van der Waals surface area contributed by atoms with Crippen LogP contribution in [0.15, 0.2) is 59.4 Å². The van der Waals surface area contributed by atoms with E-state index in [2.05, 4.69) is 15.3 Å². The molecule has 2 aromatic carbocycles. The molecular weight excluding hydrogens is 382 g/mol. The van der Waals surface area contributed by atoms with Crippen LogP contribution in [0.25, 0.3) is 10.9 Å². The van der Waals surface area contributed by atoms with E-state index < -0.39 is 12.1 Å². The lowest BCUT2D eigenvalue weighted by molar-refractivity contribution is -0.156. The van der Waals surface area contributed by atoms with Crippen molar-refractivity contribution in [2.45, 2.75) is 44.2 Å². The third-order valence-corrected chi connectivity index (χ3v) is 4.97. The summed E-state index contributed by atoms with van der Waals surface area (Å²) in [6.45, 7) is 0.